The molecule has 1 aliphatic rings. The third-order valence-electron chi connectivity index (χ3n) is 3.85. The first-order valence-electron chi connectivity index (χ1n) is 7.59. The van der Waals surface area contributed by atoms with Crippen molar-refractivity contribution < 1.29 is 19.4 Å². The van der Waals surface area contributed by atoms with Gasteiger partial charge in [-0.05, 0) is 24.1 Å². The van der Waals surface area contributed by atoms with Gasteiger partial charge in [-0.2, -0.15) is 0 Å². The van der Waals surface area contributed by atoms with E-state index in [1.54, 1.807) is 12.1 Å². The molecule has 5 heteroatoms. The number of carboxylic acid groups (broad SMARTS) is 1. The van der Waals surface area contributed by atoms with Gasteiger partial charge in [0.1, 0.15) is 23.7 Å². The van der Waals surface area contributed by atoms with Gasteiger partial charge in [-0.25, -0.2) is 4.79 Å². The van der Waals surface area contributed by atoms with Crippen molar-refractivity contribution in [2.45, 2.75) is 18.9 Å². The Morgan fingerprint density at radius 2 is 2.04 bits per heavy atom. The second kappa shape index (κ2) is 6.71. The number of aromatic carboxylic acids is 1. The van der Waals surface area contributed by atoms with E-state index in [1.807, 2.05) is 30.3 Å². The Labute approximate surface area is 134 Å². The minimum atomic E-state index is -1.00. The van der Waals surface area contributed by atoms with Crippen LogP contribution in [0.5, 0.6) is 11.5 Å². The van der Waals surface area contributed by atoms with Crippen molar-refractivity contribution in [3.63, 3.8) is 0 Å². The molecule has 1 aliphatic heterocycles. The monoisotopic (exact) mass is 313 g/mol. The van der Waals surface area contributed by atoms with Crippen LogP contribution in [0.1, 0.15) is 21.5 Å². The highest BCUT2D eigenvalue weighted by Crippen LogP contribution is 2.34. The Bertz CT molecular complexity index is 700. The molecule has 0 fully saturated rings. The molecule has 5 nitrogen and oxygen atoms in total. The third kappa shape index (κ3) is 3.46. The molecule has 1 heterocycles. The van der Waals surface area contributed by atoms with Crippen LogP contribution in [0, 0.1) is 0 Å². The summed E-state index contributed by atoms with van der Waals surface area (Å²) in [5.74, 6) is -0.0208. The van der Waals surface area contributed by atoms with Gasteiger partial charge in [-0.1, -0.05) is 30.3 Å². The average molecular weight is 313 g/mol. The molecule has 0 aromatic heterocycles. The SMILES string of the molecule is NC(COc1ccc2c(c1C(=O)O)CCO2)Cc1ccccc1. The van der Waals surface area contributed by atoms with Crippen LogP contribution in [0.2, 0.25) is 0 Å². The van der Waals surface area contributed by atoms with Gasteiger partial charge in [0, 0.05) is 18.0 Å². The molecule has 3 rings (SSSR count). The van der Waals surface area contributed by atoms with Crippen LogP contribution in [0.15, 0.2) is 42.5 Å². The highest BCUT2D eigenvalue weighted by atomic mass is 16.5. The van der Waals surface area contributed by atoms with Crippen molar-refractivity contribution in [3.8, 4) is 11.5 Å². The van der Waals surface area contributed by atoms with Crippen molar-refractivity contribution in [1.29, 1.82) is 0 Å². The Morgan fingerprint density at radius 3 is 2.78 bits per heavy atom. The fourth-order valence-corrected chi connectivity index (χ4v) is 2.78. The second-order valence-corrected chi connectivity index (χ2v) is 5.58. The predicted octanol–water partition coefficient (Wildman–Crippen LogP) is 2.27. The van der Waals surface area contributed by atoms with Gasteiger partial charge in [-0.3, -0.25) is 0 Å². The highest BCUT2D eigenvalue weighted by molar-refractivity contribution is 5.93. The summed E-state index contributed by atoms with van der Waals surface area (Å²) in [5, 5.41) is 9.46. The molecule has 120 valence electrons. The molecule has 0 radical (unpaired) electrons. The van der Waals surface area contributed by atoms with Gasteiger partial charge in [0.2, 0.25) is 0 Å². The van der Waals surface area contributed by atoms with Crippen molar-refractivity contribution >= 4 is 5.97 Å². The van der Waals surface area contributed by atoms with E-state index in [-0.39, 0.29) is 18.2 Å². The number of benzene rings is 2. The largest absolute Gasteiger partial charge is 0.493 e. The maximum absolute atomic E-state index is 11.6. The van der Waals surface area contributed by atoms with Crippen LogP contribution in [0.4, 0.5) is 0 Å². The number of fused-ring (bicyclic) bond motifs is 1. The molecule has 0 spiro atoms. The fraction of sp³-hybridized carbons (Fsp3) is 0.278. The van der Waals surface area contributed by atoms with E-state index in [2.05, 4.69) is 0 Å². The van der Waals surface area contributed by atoms with Crippen molar-refractivity contribution in [1.82, 2.24) is 0 Å². The summed E-state index contributed by atoms with van der Waals surface area (Å²) in [6.07, 6.45) is 1.27. The first-order chi connectivity index (χ1) is 11.1. The zero-order chi connectivity index (χ0) is 16.2. The summed E-state index contributed by atoms with van der Waals surface area (Å²) < 4.78 is 11.1. The van der Waals surface area contributed by atoms with Crippen molar-refractivity contribution in [2.24, 2.45) is 5.73 Å². The van der Waals surface area contributed by atoms with Crippen LogP contribution >= 0.6 is 0 Å². The zero-order valence-electron chi connectivity index (χ0n) is 12.7. The lowest BCUT2D eigenvalue weighted by Gasteiger charge is -2.16. The molecular formula is C18H19NO4. The number of carbonyl (C=O) groups is 1. The van der Waals surface area contributed by atoms with Crippen molar-refractivity contribution in [2.75, 3.05) is 13.2 Å². The number of hydrogen-bond donors (Lipinski definition) is 2. The number of carboxylic acids is 1. The molecule has 0 saturated carbocycles. The van der Waals surface area contributed by atoms with E-state index < -0.39 is 5.97 Å². The van der Waals surface area contributed by atoms with Gasteiger partial charge >= 0.3 is 5.97 Å². The first kappa shape index (κ1) is 15.4. The molecule has 3 N–H and O–H groups in total. The summed E-state index contributed by atoms with van der Waals surface area (Å²) in [4.78, 5) is 11.6. The van der Waals surface area contributed by atoms with E-state index >= 15 is 0 Å². The van der Waals surface area contributed by atoms with Crippen LogP contribution in [0.25, 0.3) is 0 Å². The molecule has 0 aliphatic carbocycles. The normalized spacial score (nSPS) is 14.0. The third-order valence-corrected chi connectivity index (χ3v) is 3.85. The van der Waals surface area contributed by atoms with E-state index in [9.17, 15) is 9.90 Å². The molecule has 0 bridgehead atoms. The molecule has 2 aromatic carbocycles. The number of rotatable bonds is 6. The van der Waals surface area contributed by atoms with Crippen LogP contribution in [-0.2, 0) is 12.8 Å². The minimum Gasteiger partial charge on any atom is -0.493 e. The van der Waals surface area contributed by atoms with Gasteiger partial charge in [-0.15, -0.1) is 0 Å². The van der Waals surface area contributed by atoms with Gasteiger partial charge in [0.05, 0.1) is 6.61 Å². The van der Waals surface area contributed by atoms with E-state index in [4.69, 9.17) is 15.2 Å². The lowest BCUT2D eigenvalue weighted by molar-refractivity contribution is 0.0690. The Kier molecular flexibility index (Phi) is 4.48. The van der Waals surface area contributed by atoms with Crippen LogP contribution in [0.3, 0.4) is 0 Å². The van der Waals surface area contributed by atoms with E-state index in [0.717, 1.165) is 5.56 Å². The topological polar surface area (TPSA) is 81.8 Å². The Balaban J connectivity index is 1.70. The molecule has 23 heavy (non-hydrogen) atoms. The smallest absolute Gasteiger partial charge is 0.339 e. The van der Waals surface area contributed by atoms with Gasteiger partial charge in [0.15, 0.2) is 0 Å². The van der Waals surface area contributed by atoms with Gasteiger partial charge in [0.25, 0.3) is 0 Å². The predicted molar refractivity (Wildman–Crippen MR) is 86.2 cm³/mol. The molecular weight excluding hydrogens is 294 g/mol. The second-order valence-electron chi connectivity index (χ2n) is 5.58. The number of nitrogens with two attached hydrogens (primary N) is 1. The van der Waals surface area contributed by atoms with E-state index in [1.165, 1.54) is 0 Å². The lowest BCUT2D eigenvalue weighted by Crippen LogP contribution is -2.30. The zero-order valence-corrected chi connectivity index (χ0v) is 12.7. The quantitative estimate of drug-likeness (QED) is 0.855. The summed E-state index contributed by atoms with van der Waals surface area (Å²) in [5.41, 5.74) is 8.11. The summed E-state index contributed by atoms with van der Waals surface area (Å²) in [6, 6.07) is 13.1. The Morgan fingerprint density at radius 1 is 1.26 bits per heavy atom. The van der Waals surface area contributed by atoms with Crippen LogP contribution < -0.4 is 15.2 Å². The Hall–Kier alpha value is -2.53. The first-order valence-corrected chi connectivity index (χ1v) is 7.59. The number of hydrogen-bond acceptors (Lipinski definition) is 4. The summed E-state index contributed by atoms with van der Waals surface area (Å²) in [6.45, 7) is 0.765. The maximum Gasteiger partial charge on any atom is 0.339 e. The molecule has 2 aromatic rings. The van der Waals surface area contributed by atoms with Gasteiger partial charge < -0.3 is 20.3 Å². The summed E-state index contributed by atoms with van der Waals surface area (Å²) >= 11 is 0. The molecule has 0 saturated heterocycles. The maximum atomic E-state index is 11.6. The number of ether oxygens (including phenoxy) is 2. The van der Waals surface area contributed by atoms with Crippen molar-refractivity contribution in [3.05, 3.63) is 59.2 Å². The highest BCUT2D eigenvalue weighted by Gasteiger charge is 2.24. The average Bonchev–Trinajstić information content (AvgIpc) is 3.01. The lowest BCUT2D eigenvalue weighted by atomic mass is 10.0. The van der Waals surface area contributed by atoms with E-state index in [0.29, 0.717) is 36.5 Å². The molecule has 1 unspecified atom stereocenters. The molecule has 1 atom stereocenters. The summed E-state index contributed by atoms with van der Waals surface area (Å²) in [7, 11) is 0. The molecule has 0 amide bonds. The minimum absolute atomic E-state index is 0.187. The fourth-order valence-electron chi connectivity index (χ4n) is 2.78. The standard InChI is InChI=1S/C18H19NO4/c19-13(10-12-4-2-1-3-5-12)11-23-16-7-6-15-14(8-9-22-15)17(16)18(20)21/h1-7,13H,8-11,19H2,(H,20,21). The van der Waals surface area contributed by atoms with Crippen LogP contribution in [-0.4, -0.2) is 30.3 Å².